The van der Waals surface area contributed by atoms with Crippen LogP contribution in [-0.4, -0.2) is 42.9 Å². The van der Waals surface area contributed by atoms with Crippen molar-refractivity contribution in [3.05, 3.63) is 0 Å². The largest absolute Gasteiger partial charge is 0.409 e. The van der Waals surface area contributed by atoms with E-state index in [1.807, 2.05) is 0 Å². The predicted octanol–water partition coefficient (Wildman–Crippen LogP) is 0.623. The van der Waals surface area contributed by atoms with E-state index in [2.05, 4.69) is 10.5 Å². The van der Waals surface area contributed by atoms with Crippen LogP contribution in [0.1, 0.15) is 46.0 Å². The van der Waals surface area contributed by atoms with Crippen molar-refractivity contribution >= 4 is 21.6 Å². The number of nitrogens with one attached hydrogen (secondary N) is 1. The van der Waals surface area contributed by atoms with E-state index in [9.17, 15) is 13.2 Å². The molecular weight excluding hydrogens is 294 g/mol. The molecule has 0 aliphatic heterocycles. The zero-order valence-electron chi connectivity index (χ0n) is 12.8. The lowest BCUT2D eigenvalue weighted by molar-refractivity contribution is -0.129. The molecule has 21 heavy (non-hydrogen) atoms. The molecule has 0 saturated heterocycles. The Labute approximate surface area is 125 Å². The summed E-state index contributed by atoms with van der Waals surface area (Å²) < 4.78 is 22.3. The molecule has 0 unspecified atom stereocenters. The van der Waals surface area contributed by atoms with Crippen LogP contribution in [0.4, 0.5) is 0 Å². The second-order valence-electron chi connectivity index (χ2n) is 6.34. The molecule has 0 aromatic carbocycles. The Kier molecular flexibility index (Phi) is 5.25. The molecule has 0 heterocycles. The molecule has 1 fully saturated rings. The van der Waals surface area contributed by atoms with Crippen LogP contribution in [-0.2, 0) is 14.6 Å². The molecule has 0 spiro atoms. The number of hydrogen-bond acceptors (Lipinski definition) is 5. The van der Waals surface area contributed by atoms with Crippen molar-refractivity contribution in [3.8, 4) is 0 Å². The first-order chi connectivity index (χ1) is 9.57. The summed E-state index contributed by atoms with van der Waals surface area (Å²) in [6, 6.07) is 0. The summed E-state index contributed by atoms with van der Waals surface area (Å²) in [5.74, 6) is -0.467. The molecule has 4 N–H and O–H groups in total. The van der Waals surface area contributed by atoms with Gasteiger partial charge in [0.25, 0.3) is 0 Å². The molecule has 1 amide bonds. The third-order valence-electron chi connectivity index (χ3n) is 4.42. The van der Waals surface area contributed by atoms with Crippen LogP contribution in [0.15, 0.2) is 5.16 Å². The van der Waals surface area contributed by atoms with Gasteiger partial charge in [-0.3, -0.25) is 4.79 Å². The first-order valence-electron chi connectivity index (χ1n) is 7.03. The highest BCUT2D eigenvalue weighted by atomic mass is 32.2. The van der Waals surface area contributed by atoms with Gasteiger partial charge in [0, 0.05) is 12.8 Å². The molecule has 1 aliphatic rings. The molecule has 0 radical (unpaired) electrons. The Morgan fingerprint density at radius 1 is 1.33 bits per heavy atom. The van der Waals surface area contributed by atoms with Crippen molar-refractivity contribution < 1.29 is 18.4 Å². The standard InChI is InChI=1S/C13H25N3O4S/c1-12(2,21(3,19)20)9-15-11(17)13(10(14)16-18)7-5-4-6-8-13/h18H,4-9H2,1-3H3,(H2,14,16)(H,15,17). The van der Waals surface area contributed by atoms with Gasteiger partial charge in [0.2, 0.25) is 5.91 Å². The van der Waals surface area contributed by atoms with Gasteiger partial charge in [0.05, 0.1) is 4.75 Å². The Morgan fingerprint density at radius 2 is 1.86 bits per heavy atom. The van der Waals surface area contributed by atoms with Gasteiger partial charge in [-0.25, -0.2) is 8.42 Å². The quantitative estimate of drug-likeness (QED) is 0.297. The number of oxime groups is 1. The van der Waals surface area contributed by atoms with E-state index in [0.29, 0.717) is 12.8 Å². The number of amides is 1. The maximum absolute atomic E-state index is 12.5. The molecule has 1 aliphatic carbocycles. The smallest absolute Gasteiger partial charge is 0.234 e. The van der Waals surface area contributed by atoms with Crippen LogP contribution in [0.25, 0.3) is 0 Å². The SMILES string of the molecule is CC(C)(CNC(=O)C1(C(N)=NO)CCCCC1)S(C)(=O)=O. The Hall–Kier alpha value is -1.31. The molecule has 1 rings (SSSR count). The van der Waals surface area contributed by atoms with Crippen molar-refractivity contribution in [2.75, 3.05) is 12.8 Å². The van der Waals surface area contributed by atoms with Gasteiger partial charge < -0.3 is 16.3 Å². The van der Waals surface area contributed by atoms with Crippen LogP contribution >= 0.6 is 0 Å². The minimum Gasteiger partial charge on any atom is -0.409 e. The van der Waals surface area contributed by atoms with E-state index in [1.165, 1.54) is 0 Å². The summed E-state index contributed by atoms with van der Waals surface area (Å²) >= 11 is 0. The Bertz CT molecular complexity index is 520. The minimum absolute atomic E-state index is 0.00880. The second kappa shape index (κ2) is 6.21. The Balaban J connectivity index is 2.89. The summed E-state index contributed by atoms with van der Waals surface area (Å²) in [4.78, 5) is 12.5. The average molecular weight is 319 g/mol. The molecule has 0 bridgehead atoms. The topological polar surface area (TPSA) is 122 Å². The lowest BCUT2D eigenvalue weighted by Crippen LogP contribution is -2.54. The minimum atomic E-state index is -3.30. The van der Waals surface area contributed by atoms with Gasteiger partial charge in [-0.2, -0.15) is 0 Å². The molecule has 0 atom stereocenters. The monoisotopic (exact) mass is 319 g/mol. The van der Waals surface area contributed by atoms with E-state index in [-0.39, 0.29) is 18.3 Å². The molecule has 122 valence electrons. The summed E-state index contributed by atoms with van der Waals surface area (Å²) in [5, 5.41) is 14.6. The van der Waals surface area contributed by atoms with Crippen LogP contribution < -0.4 is 11.1 Å². The number of rotatable bonds is 5. The first kappa shape index (κ1) is 17.7. The maximum atomic E-state index is 12.5. The number of amidine groups is 1. The van der Waals surface area contributed by atoms with Crippen LogP contribution in [0.5, 0.6) is 0 Å². The molecule has 1 saturated carbocycles. The van der Waals surface area contributed by atoms with Crippen molar-refractivity contribution in [3.63, 3.8) is 0 Å². The van der Waals surface area contributed by atoms with Crippen molar-refractivity contribution in [2.45, 2.75) is 50.7 Å². The van der Waals surface area contributed by atoms with Gasteiger partial charge in [-0.05, 0) is 26.7 Å². The number of nitrogens with two attached hydrogens (primary N) is 1. The fourth-order valence-electron chi connectivity index (χ4n) is 2.44. The predicted molar refractivity (Wildman–Crippen MR) is 80.9 cm³/mol. The fourth-order valence-corrected chi connectivity index (χ4v) is 2.78. The van der Waals surface area contributed by atoms with E-state index >= 15 is 0 Å². The fraction of sp³-hybridized carbons (Fsp3) is 0.846. The van der Waals surface area contributed by atoms with Gasteiger partial charge in [0.1, 0.15) is 5.41 Å². The van der Waals surface area contributed by atoms with E-state index in [4.69, 9.17) is 10.9 Å². The lowest BCUT2D eigenvalue weighted by atomic mass is 9.72. The van der Waals surface area contributed by atoms with Gasteiger partial charge >= 0.3 is 0 Å². The average Bonchev–Trinajstić information content (AvgIpc) is 2.43. The first-order valence-corrected chi connectivity index (χ1v) is 8.92. The third-order valence-corrected chi connectivity index (χ3v) is 6.57. The van der Waals surface area contributed by atoms with E-state index < -0.39 is 20.0 Å². The van der Waals surface area contributed by atoms with Gasteiger partial charge in [-0.1, -0.05) is 24.4 Å². The van der Waals surface area contributed by atoms with Crippen LogP contribution in [0, 0.1) is 5.41 Å². The lowest BCUT2D eigenvalue weighted by Gasteiger charge is -2.35. The number of sulfone groups is 1. The summed E-state index contributed by atoms with van der Waals surface area (Å²) in [5.41, 5.74) is 4.70. The van der Waals surface area contributed by atoms with Gasteiger partial charge in [0.15, 0.2) is 15.7 Å². The molecule has 0 aromatic rings. The van der Waals surface area contributed by atoms with E-state index in [1.54, 1.807) is 13.8 Å². The number of carbonyl (C=O) groups is 1. The molecule has 7 nitrogen and oxygen atoms in total. The van der Waals surface area contributed by atoms with Crippen molar-refractivity contribution in [1.29, 1.82) is 0 Å². The zero-order valence-corrected chi connectivity index (χ0v) is 13.7. The van der Waals surface area contributed by atoms with Crippen LogP contribution in [0.2, 0.25) is 0 Å². The van der Waals surface area contributed by atoms with Crippen LogP contribution in [0.3, 0.4) is 0 Å². The number of carbonyl (C=O) groups excluding carboxylic acids is 1. The highest BCUT2D eigenvalue weighted by Gasteiger charge is 2.44. The van der Waals surface area contributed by atoms with Crippen molar-refractivity contribution in [1.82, 2.24) is 5.32 Å². The normalized spacial score (nSPS) is 20.0. The molecule has 8 heteroatoms. The zero-order chi connectivity index (χ0) is 16.3. The molecular formula is C13H25N3O4S. The van der Waals surface area contributed by atoms with E-state index in [0.717, 1.165) is 25.5 Å². The summed E-state index contributed by atoms with van der Waals surface area (Å²) in [7, 11) is -3.30. The summed E-state index contributed by atoms with van der Waals surface area (Å²) in [6.07, 6.45) is 4.79. The second-order valence-corrected chi connectivity index (χ2v) is 8.99. The number of nitrogens with zero attached hydrogens (tertiary/aromatic N) is 1. The summed E-state index contributed by atoms with van der Waals surface area (Å²) in [6.45, 7) is 3.10. The highest BCUT2D eigenvalue weighted by Crippen LogP contribution is 2.37. The van der Waals surface area contributed by atoms with Crippen molar-refractivity contribution in [2.24, 2.45) is 16.3 Å². The highest BCUT2D eigenvalue weighted by molar-refractivity contribution is 7.92. The Morgan fingerprint density at radius 3 is 2.29 bits per heavy atom. The maximum Gasteiger partial charge on any atom is 0.234 e. The van der Waals surface area contributed by atoms with Gasteiger partial charge in [-0.15, -0.1) is 0 Å². The molecule has 0 aromatic heterocycles. The third kappa shape index (κ3) is 3.66. The number of hydrogen-bond donors (Lipinski definition) is 3.